The minimum atomic E-state index is 0.577. The normalized spacial score (nSPS) is 9.00. The van der Waals surface area contributed by atoms with Gasteiger partial charge in [-0.2, -0.15) is 5.26 Å². The highest BCUT2D eigenvalue weighted by Gasteiger charge is 1.72. The Balaban J connectivity index is 2.87. The molecule has 0 saturated heterocycles. The molecule has 0 atom stereocenters. The Labute approximate surface area is 49.1 Å². The van der Waals surface area contributed by atoms with Crippen LogP contribution >= 0.6 is 12.6 Å². The molecule has 0 N–H and O–H groups in total. The van der Waals surface area contributed by atoms with E-state index in [0.29, 0.717) is 6.42 Å². The van der Waals surface area contributed by atoms with Gasteiger partial charge in [-0.25, -0.2) is 0 Å². The molecule has 0 fully saturated rings. The molecule has 37 valence electrons. The van der Waals surface area contributed by atoms with Gasteiger partial charge < -0.3 is 0 Å². The molecular weight excluding hydrogens is 106 g/mol. The number of nitriles is 1. The molecule has 2 heteroatoms. The lowest BCUT2D eigenvalue weighted by molar-refractivity contribution is 1.06. The number of nitrogens with zero attached hydrogens (tertiary/aromatic N) is 1. The monoisotopic (exact) mass is 112 g/mol. The van der Waals surface area contributed by atoms with Gasteiger partial charge in [0.15, 0.2) is 0 Å². The highest BCUT2D eigenvalue weighted by Crippen LogP contribution is 1.88. The Morgan fingerprint density at radius 3 is 2.86 bits per heavy atom. The molecule has 0 aliphatic rings. The summed E-state index contributed by atoms with van der Waals surface area (Å²) in [6.07, 6.45) is 3.17. The predicted octanol–water partition coefficient (Wildman–Crippen LogP) is 2.00. The first-order valence-electron chi connectivity index (χ1n) is 2.05. The van der Waals surface area contributed by atoms with Crippen LogP contribution in [0.1, 0.15) is 12.8 Å². The summed E-state index contributed by atoms with van der Waals surface area (Å²) in [6, 6.07) is 2.00. The zero-order chi connectivity index (χ0) is 5.54. The van der Waals surface area contributed by atoms with E-state index < -0.39 is 0 Å². The lowest BCUT2D eigenvalue weighted by Crippen LogP contribution is -1.59. The summed E-state index contributed by atoms with van der Waals surface area (Å²) in [5.41, 5.74) is 0. The van der Waals surface area contributed by atoms with Crippen LogP contribution < -0.4 is 0 Å². The second kappa shape index (κ2) is 5.45. The molecule has 1 radical (unpaired) electrons. The van der Waals surface area contributed by atoms with Crippen LogP contribution in [0.4, 0.5) is 0 Å². The van der Waals surface area contributed by atoms with Crippen molar-refractivity contribution in [1.82, 2.24) is 0 Å². The fourth-order valence-corrected chi connectivity index (χ4v) is 0.352. The zero-order valence-electron chi connectivity index (χ0n) is 3.92. The second-order valence-corrected chi connectivity index (χ2v) is 1.34. The van der Waals surface area contributed by atoms with Gasteiger partial charge in [-0.1, -0.05) is 18.7 Å². The zero-order valence-corrected chi connectivity index (χ0v) is 4.74. The van der Waals surface area contributed by atoms with Crippen molar-refractivity contribution in [1.29, 1.82) is 5.26 Å². The molecule has 0 aliphatic carbocycles. The topological polar surface area (TPSA) is 23.8 Å². The number of rotatable bonds is 2. The van der Waals surface area contributed by atoms with Crippen molar-refractivity contribution in [2.45, 2.75) is 12.8 Å². The quantitative estimate of drug-likeness (QED) is 0.501. The predicted molar refractivity (Wildman–Crippen MR) is 31.6 cm³/mol. The maximum atomic E-state index is 7.97. The van der Waals surface area contributed by atoms with E-state index in [-0.39, 0.29) is 0 Å². The molecule has 0 aromatic rings. The van der Waals surface area contributed by atoms with Gasteiger partial charge in [0.25, 0.3) is 0 Å². The van der Waals surface area contributed by atoms with Crippen LogP contribution in [-0.4, -0.2) is 0 Å². The summed E-state index contributed by atoms with van der Waals surface area (Å²) < 4.78 is 0. The van der Waals surface area contributed by atoms with Gasteiger partial charge in [0.05, 0.1) is 6.07 Å². The largest absolute Gasteiger partial charge is 0.198 e. The molecule has 0 rings (SSSR count). The Hall–Kier alpha value is -0.550. The maximum Gasteiger partial charge on any atom is 0.0625 e. The van der Waals surface area contributed by atoms with Crippen LogP contribution in [0.2, 0.25) is 0 Å². The lowest BCUT2D eigenvalue weighted by atomic mass is 10.3. The summed E-state index contributed by atoms with van der Waals surface area (Å²) in [7, 11) is 0. The van der Waals surface area contributed by atoms with Crippen LogP contribution in [0.15, 0.2) is 11.5 Å². The first kappa shape index (κ1) is 6.45. The summed E-state index contributed by atoms with van der Waals surface area (Å²) >= 11 is 4.48. The molecular formula is C5H6NS. The van der Waals surface area contributed by atoms with E-state index in [1.165, 1.54) is 5.41 Å². The Kier molecular flexibility index (Phi) is 5.02. The first-order valence-corrected chi connectivity index (χ1v) is 2.53. The summed E-state index contributed by atoms with van der Waals surface area (Å²) in [4.78, 5) is 0. The molecule has 0 heterocycles. The van der Waals surface area contributed by atoms with E-state index in [2.05, 4.69) is 12.6 Å². The van der Waals surface area contributed by atoms with Gasteiger partial charge in [-0.05, 0) is 11.8 Å². The number of hydrogen-bond donors (Lipinski definition) is 0. The Morgan fingerprint density at radius 1 is 1.71 bits per heavy atom. The fraction of sp³-hybridized carbons (Fsp3) is 0.400. The third-order valence-corrected chi connectivity index (χ3v) is 0.711. The van der Waals surface area contributed by atoms with E-state index in [9.17, 15) is 0 Å². The van der Waals surface area contributed by atoms with Crippen LogP contribution in [0.5, 0.6) is 0 Å². The van der Waals surface area contributed by atoms with Crippen molar-refractivity contribution < 1.29 is 0 Å². The number of hydrogen-bond acceptors (Lipinski definition) is 1. The third-order valence-electron chi connectivity index (χ3n) is 0.519. The smallest absolute Gasteiger partial charge is 0.0625 e. The third kappa shape index (κ3) is 5.45. The Bertz CT molecular complexity index is 90.7. The van der Waals surface area contributed by atoms with Crippen molar-refractivity contribution in [3.05, 3.63) is 11.5 Å². The van der Waals surface area contributed by atoms with E-state index >= 15 is 0 Å². The summed E-state index contributed by atoms with van der Waals surface area (Å²) in [5, 5.41) is 9.51. The van der Waals surface area contributed by atoms with E-state index in [4.69, 9.17) is 5.26 Å². The summed E-state index contributed by atoms with van der Waals surface area (Å²) in [5.74, 6) is 0. The lowest BCUT2D eigenvalue weighted by Gasteiger charge is -1.73. The molecule has 0 aromatic heterocycles. The van der Waals surface area contributed by atoms with Crippen LogP contribution in [-0.2, 0) is 0 Å². The minimum Gasteiger partial charge on any atom is -0.198 e. The van der Waals surface area contributed by atoms with Gasteiger partial charge >= 0.3 is 0 Å². The highest BCUT2D eigenvalue weighted by molar-refractivity contribution is 7.83. The van der Waals surface area contributed by atoms with Crippen molar-refractivity contribution in [3.63, 3.8) is 0 Å². The number of allylic oxidation sites excluding steroid dienone is 1. The minimum absolute atomic E-state index is 0.577. The molecule has 1 nitrogen and oxygen atoms in total. The van der Waals surface area contributed by atoms with E-state index in [1.807, 2.05) is 6.07 Å². The van der Waals surface area contributed by atoms with Crippen LogP contribution in [0.25, 0.3) is 0 Å². The maximum absolute atomic E-state index is 7.97. The van der Waals surface area contributed by atoms with Gasteiger partial charge in [-0.15, -0.1) is 0 Å². The highest BCUT2D eigenvalue weighted by atomic mass is 32.1. The molecule has 0 bridgehead atoms. The molecule has 0 aromatic carbocycles. The molecule has 0 spiro atoms. The van der Waals surface area contributed by atoms with Crippen LogP contribution in [0, 0.1) is 11.3 Å². The summed E-state index contributed by atoms with van der Waals surface area (Å²) in [6.45, 7) is 0. The Morgan fingerprint density at radius 2 is 2.43 bits per heavy atom. The molecule has 0 saturated carbocycles. The van der Waals surface area contributed by atoms with Crippen molar-refractivity contribution in [2.75, 3.05) is 0 Å². The van der Waals surface area contributed by atoms with Crippen LogP contribution in [0.3, 0.4) is 0 Å². The fourth-order valence-electron chi connectivity index (χ4n) is 0.216. The van der Waals surface area contributed by atoms with Gasteiger partial charge in [0.2, 0.25) is 0 Å². The van der Waals surface area contributed by atoms with Crippen molar-refractivity contribution in [3.8, 4) is 6.07 Å². The standard InChI is InChI=1S/C5H6NS/c6-4-2-1-3-5-7/h3,5H,1-2H2. The average molecular weight is 112 g/mol. The van der Waals surface area contributed by atoms with Crippen molar-refractivity contribution >= 4 is 12.6 Å². The molecule has 0 aliphatic heterocycles. The van der Waals surface area contributed by atoms with Crippen molar-refractivity contribution in [2.24, 2.45) is 0 Å². The SMILES string of the molecule is N#CCCC=C[S]. The number of unbranched alkanes of at least 4 members (excludes halogenated alkanes) is 1. The van der Waals surface area contributed by atoms with Gasteiger partial charge in [-0.3, -0.25) is 0 Å². The van der Waals surface area contributed by atoms with Gasteiger partial charge in [0, 0.05) is 6.42 Å². The van der Waals surface area contributed by atoms with E-state index in [1.54, 1.807) is 6.08 Å². The molecule has 0 amide bonds. The second-order valence-electron chi connectivity index (χ2n) is 1.07. The van der Waals surface area contributed by atoms with E-state index in [0.717, 1.165) is 6.42 Å². The molecule has 7 heavy (non-hydrogen) atoms. The molecule has 0 unspecified atom stereocenters. The average Bonchev–Trinajstić information content (AvgIpc) is 1.69. The van der Waals surface area contributed by atoms with Gasteiger partial charge in [0.1, 0.15) is 0 Å². The first-order chi connectivity index (χ1) is 3.41.